The summed E-state index contributed by atoms with van der Waals surface area (Å²) in [5.41, 5.74) is 2.12. The zero-order valence-electron chi connectivity index (χ0n) is 24.6. The van der Waals surface area contributed by atoms with Gasteiger partial charge in [0.2, 0.25) is 11.8 Å². The minimum atomic E-state index is -2.66. The van der Waals surface area contributed by atoms with E-state index in [1.807, 2.05) is 24.3 Å². The average Bonchev–Trinajstić information content (AvgIpc) is 3.31. The smallest absolute Gasteiger partial charge is 0.340 e. The number of hydrogen-bond donors (Lipinski definition) is 0. The molecule has 2 fully saturated rings. The van der Waals surface area contributed by atoms with Crippen LogP contribution in [0.15, 0.2) is 65.5 Å². The van der Waals surface area contributed by atoms with E-state index < -0.39 is 23.4 Å². The lowest BCUT2D eigenvalue weighted by atomic mass is 9.86. The molecule has 0 radical (unpaired) electrons. The van der Waals surface area contributed by atoms with E-state index in [-0.39, 0.29) is 55.2 Å². The van der Waals surface area contributed by atoms with Gasteiger partial charge in [0.1, 0.15) is 5.82 Å². The highest BCUT2D eigenvalue weighted by Crippen LogP contribution is 2.37. The number of esters is 1. The Bertz CT molecular complexity index is 1800. The number of carbonyl (C=O) groups is 2. The molecule has 2 heterocycles. The van der Waals surface area contributed by atoms with E-state index in [1.165, 1.54) is 34.4 Å². The maximum atomic E-state index is 15.2. The van der Waals surface area contributed by atoms with Crippen molar-refractivity contribution in [1.82, 2.24) is 14.0 Å². The zero-order chi connectivity index (χ0) is 31.9. The van der Waals surface area contributed by atoms with E-state index in [9.17, 15) is 23.2 Å². The number of piperazine rings is 1. The second kappa shape index (κ2) is 12.3. The summed E-state index contributed by atoms with van der Waals surface area (Å²) in [4.78, 5) is 42.7. The number of hydrogen-bond acceptors (Lipinski definition) is 5. The van der Waals surface area contributed by atoms with Crippen LogP contribution in [0.1, 0.15) is 41.6 Å². The second-order valence-electron chi connectivity index (χ2n) is 11.6. The highest BCUT2D eigenvalue weighted by atomic mass is 35.5. The van der Waals surface area contributed by atoms with Crippen LogP contribution in [0.3, 0.4) is 0 Å². The van der Waals surface area contributed by atoms with Crippen LogP contribution < -0.4 is 10.6 Å². The standard InChI is InChI=1S/C33H32ClF3N4O4/c1-45-31(43)26-4-2-3-22(29(26)35)20-40-27-10-5-23(34)19-28(27)41(32(40)44)25-8-6-24(7-9-25)38-15-17-39(18-16-38)30(42)21-11-13-33(36,37)14-12-21/h2-10,19,21H,11-18,20H2,1H3. The van der Waals surface area contributed by atoms with Crippen LogP contribution in [-0.2, 0) is 16.1 Å². The number of anilines is 1. The number of alkyl halides is 2. The Morgan fingerprint density at radius 1 is 0.933 bits per heavy atom. The number of fused-ring (bicyclic) bond motifs is 1. The Morgan fingerprint density at radius 3 is 2.27 bits per heavy atom. The largest absolute Gasteiger partial charge is 0.465 e. The Balaban J connectivity index is 1.21. The summed E-state index contributed by atoms with van der Waals surface area (Å²) in [5, 5.41) is 0.429. The fourth-order valence-electron chi connectivity index (χ4n) is 6.32. The van der Waals surface area contributed by atoms with Gasteiger partial charge in [0, 0.05) is 61.2 Å². The van der Waals surface area contributed by atoms with E-state index in [4.69, 9.17) is 11.6 Å². The molecule has 236 valence electrons. The van der Waals surface area contributed by atoms with Crippen molar-refractivity contribution >= 4 is 40.2 Å². The van der Waals surface area contributed by atoms with Crippen LogP contribution >= 0.6 is 11.6 Å². The number of aromatic nitrogens is 2. The van der Waals surface area contributed by atoms with Gasteiger partial charge in [-0.3, -0.25) is 13.9 Å². The predicted molar refractivity (Wildman–Crippen MR) is 165 cm³/mol. The fraction of sp³-hybridized carbons (Fsp3) is 0.364. The summed E-state index contributed by atoms with van der Waals surface area (Å²) in [6, 6.07) is 16.9. The molecule has 0 atom stereocenters. The maximum Gasteiger partial charge on any atom is 0.340 e. The molecule has 3 aromatic carbocycles. The van der Waals surface area contributed by atoms with Gasteiger partial charge in [-0.25, -0.2) is 22.8 Å². The molecule has 0 bridgehead atoms. The zero-order valence-corrected chi connectivity index (χ0v) is 25.4. The average molecular weight is 641 g/mol. The van der Waals surface area contributed by atoms with Gasteiger partial charge in [0.15, 0.2) is 0 Å². The molecule has 12 heteroatoms. The minimum Gasteiger partial charge on any atom is -0.465 e. The molecule has 2 aliphatic rings. The topological polar surface area (TPSA) is 76.8 Å². The molecular weight excluding hydrogens is 609 g/mol. The molecule has 1 amide bonds. The quantitative estimate of drug-likeness (QED) is 0.246. The number of nitrogens with zero attached hydrogens (tertiary/aromatic N) is 4. The van der Waals surface area contributed by atoms with Gasteiger partial charge in [0.05, 0.1) is 35.9 Å². The molecule has 1 aliphatic heterocycles. The summed E-state index contributed by atoms with van der Waals surface area (Å²) in [5.74, 6) is -4.59. The second-order valence-corrected chi connectivity index (χ2v) is 12.0. The number of ether oxygens (including phenoxy) is 1. The SMILES string of the molecule is COC(=O)c1cccc(Cn2c(=O)n(-c3ccc(N4CCN(C(=O)C5CCC(F)(F)CC5)CC4)cc3)c3cc(Cl)ccc32)c1F. The summed E-state index contributed by atoms with van der Waals surface area (Å²) in [6.07, 6.45) is -0.0149. The lowest BCUT2D eigenvalue weighted by Gasteiger charge is -2.38. The first kappa shape index (κ1) is 30.8. The summed E-state index contributed by atoms with van der Waals surface area (Å²) >= 11 is 6.32. The van der Waals surface area contributed by atoms with Crippen LogP contribution in [-0.4, -0.2) is 65.1 Å². The van der Waals surface area contributed by atoms with Gasteiger partial charge in [-0.15, -0.1) is 0 Å². The maximum absolute atomic E-state index is 15.2. The van der Waals surface area contributed by atoms with E-state index in [0.29, 0.717) is 47.9 Å². The van der Waals surface area contributed by atoms with Crippen LogP contribution in [0.5, 0.6) is 0 Å². The molecule has 8 nitrogen and oxygen atoms in total. The Morgan fingerprint density at radius 2 is 1.60 bits per heavy atom. The highest BCUT2D eigenvalue weighted by Gasteiger charge is 2.39. The Labute approximate surface area is 262 Å². The number of benzene rings is 3. The van der Waals surface area contributed by atoms with Crippen LogP contribution in [0.4, 0.5) is 18.9 Å². The van der Waals surface area contributed by atoms with Crippen molar-refractivity contribution in [2.24, 2.45) is 5.92 Å². The fourth-order valence-corrected chi connectivity index (χ4v) is 6.48. The van der Waals surface area contributed by atoms with Crippen molar-refractivity contribution in [3.05, 3.63) is 93.1 Å². The monoisotopic (exact) mass is 640 g/mol. The van der Waals surface area contributed by atoms with E-state index in [0.717, 1.165) is 5.69 Å². The molecule has 0 unspecified atom stereocenters. The Kier molecular flexibility index (Phi) is 8.39. The van der Waals surface area contributed by atoms with Crippen LogP contribution in [0.25, 0.3) is 16.7 Å². The van der Waals surface area contributed by atoms with Gasteiger partial charge in [0.25, 0.3) is 0 Å². The number of methoxy groups -OCH3 is 1. The summed E-state index contributed by atoms with van der Waals surface area (Å²) < 4.78 is 49.9. The van der Waals surface area contributed by atoms with Crippen molar-refractivity contribution in [3.8, 4) is 5.69 Å². The molecule has 1 aromatic heterocycles. The first-order valence-corrected chi connectivity index (χ1v) is 15.2. The van der Waals surface area contributed by atoms with Crippen molar-refractivity contribution in [2.45, 2.75) is 38.2 Å². The number of halogens is 4. The molecule has 4 aromatic rings. The Hall–Kier alpha value is -4.25. The lowest BCUT2D eigenvalue weighted by Crippen LogP contribution is -2.51. The van der Waals surface area contributed by atoms with Gasteiger partial charge >= 0.3 is 11.7 Å². The number of imidazole rings is 1. The number of rotatable bonds is 6. The summed E-state index contributed by atoms with van der Waals surface area (Å²) in [6.45, 7) is 2.09. The number of carbonyl (C=O) groups excluding carboxylic acids is 2. The molecule has 0 spiro atoms. The van der Waals surface area contributed by atoms with Crippen molar-refractivity contribution in [1.29, 1.82) is 0 Å². The third-order valence-electron chi connectivity index (χ3n) is 8.83. The molecular formula is C33H32ClF3N4O4. The first-order chi connectivity index (χ1) is 21.6. The van der Waals surface area contributed by atoms with E-state index in [2.05, 4.69) is 9.64 Å². The molecule has 1 saturated heterocycles. The normalized spacial score (nSPS) is 17.1. The van der Waals surface area contributed by atoms with Gasteiger partial charge in [-0.05, 0) is 61.4 Å². The van der Waals surface area contributed by atoms with Gasteiger partial charge < -0.3 is 14.5 Å². The van der Waals surface area contributed by atoms with E-state index >= 15 is 4.39 Å². The van der Waals surface area contributed by atoms with Crippen molar-refractivity contribution < 1.29 is 27.5 Å². The van der Waals surface area contributed by atoms with Gasteiger partial charge in [-0.1, -0.05) is 23.7 Å². The van der Waals surface area contributed by atoms with Crippen LogP contribution in [0.2, 0.25) is 5.02 Å². The molecule has 6 rings (SSSR count). The van der Waals surface area contributed by atoms with E-state index in [1.54, 1.807) is 23.1 Å². The van der Waals surface area contributed by atoms with Crippen molar-refractivity contribution in [3.63, 3.8) is 0 Å². The lowest BCUT2D eigenvalue weighted by molar-refractivity contribution is -0.140. The molecule has 45 heavy (non-hydrogen) atoms. The minimum absolute atomic E-state index is 0.0353. The molecule has 1 saturated carbocycles. The third kappa shape index (κ3) is 6.05. The third-order valence-corrected chi connectivity index (χ3v) is 9.07. The number of amides is 1. The predicted octanol–water partition coefficient (Wildman–Crippen LogP) is 5.89. The first-order valence-electron chi connectivity index (χ1n) is 14.8. The molecule has 0 N–H and O–H groups in total. The highest BCUT2D eigenvalue weighted by molar-refractivity contribution is 6.31. The van der Waals surface area contributed by atoms with Gasteiger partial charge in [-0.2, -0.15) is 0 Å². The molecule has 1 aliphatic carbocycles. The van der Waals surface area contributed by atoms with Crippen LogP contribution in [0, 0.1) is 11.7 Å². The van der Waals surface area contributed by atoms with Crippen molar-refractivity contribution in [2.75, 3.05) is 38.2 Å². The summed E-state index contributed by atoms with van der Waals surface area (Å²) in [7, 11) is 1.17.